The summed E-state index contributed by atoms with van der Waals surface area (Å²) in [4.78, 5) is 0. The van der Waals surface area contributed by atoms with Crippen molar-refractivity contribution in [3.8, 4) is 0 Å². The molecular formula is C21H25NO. The summed E-state index contributed by atoms with van der Waals surface area (Å²) < 4.78 is 6.51. The Bertz CT molecular complexity index is 745. The smallest absolute Gasteiger partial charge is 0.0773 e. The van der Waals surface area contributed by atoms with Gasteiger partial charge < -0.3 is 10.1 Å². The van der Waals surface area contributed by atoms with Crippen LogP contribution in [0.3, 0.4) is 0 Å². The van der Waals surface area contributed by atoms with Crippen LogP contribution in [0.1, 0.15) is 56.9 Å². The van der Waals surface area contributed by atoms with Crippen LogP contribution in [0.2, 0.25) is 0 Å². The monoisotopic (exact) mass is 307 g/mol. The van der Waals surface area contributed by atoms with Gasteiger partial charge in [0.05, 0.1) is 5.60 Å². The zero-order valence-corrected chi connectivity index (χ0v) is 13.9. The lowest BCUT2D eigenvalue weighted by Crippen LogP contribution is -2.62. The standard InChI is InChI=1S/C21H25NO/c1-2-23-21-13-5-11-20(12-6-14-21)19(21)16-9-3-7-15-8-4-10-17(22-20)18(15)16/h3-4,7-10,19,22H,2,5-6,11-14H2,1H3. The van der Waals surface area contributed by atoms with E-state index < -0.39 is 0 Å². The van der Waals surface area contributed by atoms with Crippen molar-refractivity contribution in [2.75, 3.05) is 11.9 Å². The number of hydrogen-bond acceptors (Lipinski definition) is 2. The zero-order chi connectivity index (χ0) is 15.5. The number of nitrogens with one attached hydrogen (secondary N) is 1. The minimum absolute atomic E-state index is 0.0417. The quantitative estimate of drug-likeness (QED) is 0.820. The maximum absolute atomic E-state index is 6.51. The van der Waals surface area contributed by atoms with Gasteiger partial charge in [0.25, 0.3) is 0 Å². The van der Waals surface area contributed by atoms with Crippen LogP contribution in [0.5, 0.6) is 0 Å². The van der Waals surface area contributed by atoms with Gasteiger partial charge in [-0.1, -0.05) is 30.3 Å². The summed E-state index contributed by atoms with van der Waals surface area (Å²) in [7, 11) is 0. The molecule has 23 heavy (non-hydrogen) atoms. The van der Waals surface area contributed by atoms with Gasteiger partial charge in [0.1, 0.15) is 0 Å². The van der Waals surface area contributed by atoms with Gasteiger partial charge in [-0.25, -0.2) is 0 Å². The summed E-state index contributed by atoms with van der Waals surface area (Å²) in [6.07, 6.45) is 7.54. The Morgan fingerprint density at radius 2 is 1.78 bits per heavy atom. The van der Waals surface area contributed by atoms with Crippen LogP contribution in [0, 0.1) is 0 Å². The highest BCUT2D eigenvalue weighted by atomic mass is 16.5. The van der Waals surface area contributed by atoms with Gasteiger partial charge in [-0.2, -0.15) is 0 Å². The van der Waals surface area contributed by atoms with Crippen LogP contribution in [0.4, 0.5) is 5.69 Å². The molecule has 1 unspecified atom stereocenters. The normalized spacial score (nSPS) is 34.7. The lowest BCUT2D eigenvalue weighted by atomic mass is 9.53. The van der Waals surface area contributed by atoms with E-state index in [0.717, 1.165) is 6.61 Å². The number of benzene rings is 2. The van der Waals surface area contributed by atoms with Gasteiger partial charge in [0.2, 0.25) is 0 Å². The molecule has 2 aliphatic carbocycles. The van der Waals surface area contributed by atoms with Gasteiger partial charge >= 0.3 is 0 Å². The first-order chi connectivity index (χ1) is 11.3. The lowest BCUT2D eigenvalue weighted by molar-refractivity contribution is -0.122. The maximum atomic E-state index is 6.51. The molecular weight excluding hydrogens is 282 g/mol. The SMILES string of the molecule is CCOC12CCCC3(CCC1)Nc1cccc4cccc(c14)C32. The van der Waals surface area contributed by atoms with E-state index >= 15 is 0 Å². The fraction of sp³-hybridized carbons (Fsp3) is 0.524. The van der Waals surface area contributed by atoms with Crippen LogP contribution in [0.25, 0.3) is 10.8 Å². The second kappa shape index (κ2) is 4.73. The third-order valence-corrected chi connectivity index (χ3v) is 6.59. The molecule has 1 atom stereocenters. The maximum Gasteiger partial charge on any atom is 0.0773 e. The average Bonchev–Trinajstić information content (AvgIpc) is 2.55. The third-order valence-electron chi connectivity index (χ3n) is 6.59. The molecule has 0 amide bonds. The van der Waals surface area contributed by atoms with Crippen molar-refractivity contribution < 1.29 is 4.74 Å². The van der Waals surface area contributed by atoms with Crippen molar-refractivity contribution in [3.63, 3.8) is 0 Å². The summed E-state index contributed by atoms with van der Waals surface area (Å²) >= 11 is 0. The molecule has 2 aromatic rings. The molecule has 2 nitrogen and oxygen atoms in total. The van der Waals surface area contributed by atoms with E-state index in [1.54, 1.807) is 0 Å². The largest absolute Gasteiger partial charge is 0.378 e. The topological polar surface area (TPSA) is 21.3 Å². The van der Waals surface area contributed by atoms with Crippen molar-refractivity contribution in [3.05, 3.63) is 42.0 Å². The van der Waals surface area contributed by atoms with Gasteiger partial charge in [0.15, 0.2) is 0 Å². The molecule has 0 aromatic heterocycles. The number of anilines is 1. The van der Waals surface area contributed by atoms with Crippen LogP contribution in [-0.2, 0) is 4.74 Å². The van der Waals surface area contributed by atoms with Crippen LogP contribution >= 0.6 is 0 Å². The van der Waals surface area contributed by atoms with Crippen molar-refractivity contribution in [2.24, 2.45) is 0 Å². The Kier molecular flexibility index (Phi) is 2.85. The molecule has 3 aliphatic rings. The highest BCUT2D eigenvalue weighted by molar-refractivity contribution is 5.99. The van der Waals surface area contributed by atoms with E-state index in [-0.39, 0.29) is 11.1 Å². The van der Waals surface area contributed by atoms with E-state index in [0.29, 0.717) is 5.92 Å². The summed E-state index contributed by atoms with van der Waals surface area (Å²) in [5, 5.41) is 6.80. The Balaban J connectivity index is 1.80. The van der Waals surface area contributed by atoms with Crippen LogP contribution in [-0.4, -0.2) is 17.7 Å². The Labute approximate surface area is 138 Å². The molecule has 2 aromatic carbocycles. The number of ether oxygens (including phenoxy) is 1. The molecule has 120 valence electrons. The first-order valence-electron chi connectivity index (χ1n) is 9.22. The number of hydrogen-bond donors (Lipinski definition) is 1. The van der Waals surface area contributed by atoms with E-state index in [9.17, 15) is 0 Å². The third kappa shape index (κ3) is 1.73. The second-order valence-corrected chi connectivity index (χ2v) is 7.67. The highest BCUT2D eigenvalue weighted by Gasteiger charge is 2.59. The predicted molar refractivity (Wildman–Crippen MR) is 95.1 cm³/mol. The first-order valence-corrected chi connectivity index (χ1v) is 9.22. The minimum Gasteiger partial charge on any atom is -0.378 e. The van der Waals surface area contributed by atoms with Gasteiger partial charge in [-0.05, 0) is 62.5 Å². The molecule has 0 saturated heterocycles. The van der Waals surface area contributed by atoms with Crippen molar-refractivity contribution in [2.45, 2.75) is 62.5 Å². The van der Waals surface area contributed by atoms with Crippen molar-refractivity contribution in [1.82, 2.24) is 0 Å². The van der Waals surface area contributed by atoms with E-state index in [1.807, 2.05) is 0 Å². The molecule has 1 N–H and O–H groups in total. The molecule has 2 heteroatoms. The summed E-state index contributed by atoms with van der Waals surface area (Å²) in [5.41, 5.74) is 3.11. The Hall–Kier alpha value is -1.54. The highest BCUT2D eigenvalue weighted by Crippen LogP contribution is 2.61. The first kappa shape index (κ1) is 13.9. The predicted octanol–water partition coefficient (Wildman–Crippen LogP) is 5.23. The van der Waals surface area contributed by atoms with Gasteiger partial charge in [0, 0.05) is 29.1 Å². The fourth-order valence-electron chi connectivity index (χ4n) is 6.01. The van der Waals surface area contributed by atoms with E-state index in [2.05, 4.69) is 48.6 Å². The van der Waals surface area contributed by atoms with Gasteiger partial charge in [-0.3, -0.25) is 0 Å². The fourth-order valence-corrected chi connectivity index (χ4v) is 6.01. The van der Waals surface area contributed by atoms with Crippen LogP contribution in [0.15, 0.2) is 36.4 Å². The summed E-state index contributed by atoms with van der Waals surface area (Å²) in [6.45, 7) is 2.98. The molecule has 2 saturated carbocycles. The zero-order valence-electron chi connectivity index (χ0n) is 13.9. The summed E-state index contributed by atoms with van der Waals surface area (Å²) in [6, 6.07) is 13.6. The molecule has 5 rings (SSSR count). The van der Waals surface area contributed by atoms with Crippen molar-refractivity contribution in [1.29, 1.82) is 0 Å². The second-order valence-electron chi connectivity index (χ2n) is 7.67. The Morgan fingerprint density at radius 1 is 1.04 bits per heavy atom. The van der Waals surface area contributed by atoms with E-state index in [4.69, 9.17) is 4.74 Å². The van der Waals surface area contributed by atoms with Gasteiger partial charge in [-0.15, -0.1) is 0 Å². The van der Waals surface area contributed by atoms with Crippen molar-refractivity contribution >= 4 is 16.5 Å². The van der Waals surface area contributed by atoms with Crippen LogP contribution < -0.4 is 5.32 Å². The summed E-state index contributed by atoms with van der Waals surface area (Å²) in [5.74, 6) is 0.496. The lowest BCUT2D eigenvalue weighted by Gasteiger charge is -2.60. The average molecular weight is 307 g/mol. The number of rotatable bonds is 2. The van der Waals surface area contributed by atoms with E-state index in [1.165, 1.54) is 60.5 Å². The molecule has 0 radical (unpaired) electrons. The molecule has 1 heterocycles. The molecule has 1 aliphatic heterocycles. The Morgan fingerprint density at radius 3 is 2.52 bits per heavy atom. The molecule has 0 spiro atoms. The minimum atomic E-state index is 0.0417. The molecule has 2 bridgehead atoms. The molecule has 2 fully saturated rings.